The number of aromatic nitrogens is 3. The van der Waals surface area contributed by atoms with Gasteiger partial charge in [-0.2, -0.15) is 0 Å². The molecule has 2 aromatic rings. The molecule has 19 heavy (non-hydrogen) atoms. The molecule has 0 aliphatic carbocycles. The summed E-state index contributed by atoms with van der Waals surface area (Å²) >= 11 is 1.27. The van der Waals surface area contributed by atoms with Crippen molar-refractivity contribution in [2.45, 2.75) is 16.5 Å². The van der Waals surface area contributed by atoms with Gasteiger partial charge in [0.25, 0.3) is 0 Å². The van der Waals surface area contributed by atoms with Gasteiger partial charge in [0.15, 0.2) is 5.16 Å². The van der Waals surface area contributed by atoms with Crippen LogP contribution in [0.2, 0.25) is 0 Å². The second kappa shape index (κ2) is 4.16. The molecule has 0 saturated heterocycles. The third-order valence-corrected chi connectivity index (χ3v) is 4.02. The largest absolute Gasteiger partial charge is 0.398 e. The maximum Gasteiger partial charge on any atom is 0.343 e. The number of nitrogens with one attached hydrogen (secondary N) is 2. The summed E-state index contributed by atoms with van der Waals surface area (Å²) < 4.78 is 1.40. The van der Waals surface area contributed by atoms with Crippen LogP contribution in [0.15, 0.2) is 27.0 Å². The molecule has 98 valence electrons. The summed E-state index contributed by atoms with van der Waals surface area (Å²) in [6.07, 6.45) is 0.353. The topological polar surface area (TPSA) is 106 Å². The Morgan fingerprint density at radius 3 is 2.89 bits per heavy atom. The number of nitrogens with two attached hydrogens (primary N) is 1. The second-order valence-corrected chi connectivity index (χ2v) is 5.25. The lowest BCUT2D eigenvalue weighted by Gasteiger charge is -2.07. The molecule has 1 aliphatic heterocycles. The third kappa shape index (κ3) is 1.99. The predicted molar refractivity (Wildman–Crippen MR) is 71.1 cm³/mol. The number of anilines is 2. The lowest BCUT2D eigenvalue weighted by molar-refractivity contribution is -0.115. The molecule has 0 spiro atoms. The number of hydrogen-bond donors (Lipinski definition) is 3. The first-order valence-electron chi connectivity index (χ1n) is 5.56. The van der Waals surface area contributed by atoms with E-state index in [9.17, 15) is 9.59 Å². The Morgan fingerprint density at radius 1 is 1.42 bits per heavy atom. The average molecular weight is 277 g/mol. The van der Waals surface area contributed by atoms with E-state index in [0.29, 0.717) is 17.3 Å². The normalized spacial score (nSPS) is 13.4. The van der Waals surface area contributed by atoms with Gasteiger partial charge in [-0.15, -0.1) is 5.10 Å². The van der Waals surface area contributed by atoms with Gasteiger partial charge in [0.2, 0.25) is 5.91 Å². The Hall–Kier alpha value is -2.22. The molecule has 0 fully saturated rings. The van der Waals surface area contributed by atoms with Crippen LogP contribution in [0.25, 0.3) is 0 Å². The molecule has 0 radical (unpaired) electrons. The number of nitrogen functional groups attached to an aromatic ring is 1. The zero-order valence-corrected chi connectivity index (χ0v) is 10.9. The molecule has 0 bridgehead atoms. The van der Waals surface area contributed by atoms with Crippen molar-refractivity contribution >= 4 is 29.0 Å². The van der Waals surface area contributed by atoms with E-state index >= 15 is 0 Å². The van der Waals surface area contributed by atoms with Gasteiger partial charge in [0.1, 0.15) is 0 Å². The quantitative estimate of drug-likeness (QED) is 0.686. The number of carbonyl (C=O) groups excluding carboxylic acids is 1. The molecule has 1 aliphatic rings. The number of carbonyl (C=O) groups is 1. The standard InChI is InChI=1S/C11H11N5O2S/c1-16-10(18)14-15-11(16)19-8-4-7-5(2-6(8)12)3-9(17)13-7/h2,4H,3,12H2,1H3,(H,13,17)(H,14,18). The van der Waals surface area contributed by atoms with Crippen molar-refractivity contribution in [2.24, 2.45) is 7.05 Å². The van der Waals surface area contributed by atoms with Crippen LogP contribution in [0.1, 0.15) is 5.56 Å². The monoisotopic (exact) mass is 277 g/mol. The third-order valence-electron chi connectivity index (χ3n) is 2.90. The molecule has 0 unspecified atom stereocenters. The minimum atomic E-state index is -0.282. The average Bonchev–Trinajstić information content (AvgIpc) is 2.85. The summed E-state index contributed by atoms with van der Waals surface area (Å²) in [4.78, 5) is 23.4. The number of rotatable bonds is 2. The van der Waals surface area contributed by atoms with Crippen LogP contribution >= 0.6 is 11.8 Å². The summed E-state index contributed by atoms with van der Waals surface area (Å²) in [5.74, 6) is -0.0382. The molecule has 4 N–H and O–H groups in total. The van der Waals surface area contributed by atoms with Crippen molar-refractivity contribution in [3.63, 3.8) is 0 Å². The van der Waals surface area contributed by atoms with Crippen molar-refractivity contribution in [3.05, 3.63) is 28.2 Å². The highest BCUT2D eigenvalue weighted by atomic mass is 32.2. The van der Waals surface area contributed by atoms with E-state index in [-0.39, 0.29) is 11.6 Å². The van der Waals surface area contributed by atoms with Crippen LogP contribution in [-0.4, -0.2) is 20.7 Å². The van der Waals surface area contributed by atoms with Crippen molar-refractivity contribution in [1.29, 1.82) is 0 Å². The van der Waals surface area contributed by atoms with Gasteiger partial charge in [-0.25, -0.2) is 9.89 Å². The van der Waals surface area contributed by atoms with Gasteiger partial charge in [0, 0.05) is 23.3 Å². The van der Waals surface area contributed by atoms with Gasteiger partial charge < -0.3 is 11.1 Å². The number of nitrogens with zero attached hydrogens (tertiary/aromatic N) is 2. The minimum absolute atomic E-state index is 0.0382. The van der Waals surface area contributed by atoms with Crippen LogP contribution in [0, 0.1) is 0 Å². The van der Waals surface area contributed by atoms with E-state index in [1.807, 2.05) is 0 Å². The zero-order chi connectivity index (χ0) is 13.6. The van der Waals surface area contributed by atoms with Crippen molar-refractivity contribution in [2.75, 3.05) is 11.1 Å². The van der Waals surface area contributed by atoms with Crippen LogP contribution < -0.4 is 16.7 Å². The summed E-state index contributed by atoms with van der Waals surface area (Å²) in [6, 6.07) is 3.58. The molecule has 1 aromatic carbocycles. The van der Waals surface area contributed by atoms with E-state index in [1.54, 1.807) is 19.2 Å². The summed E-state index contributed by atoms with van der Waals surface area (Å²) in [5, 5.41) is 9.55. The van der Waals surface area contributed by atoms with E-state index < -0.39 is 0 Å². The molecule has 7 nitrogen and oxygen atoms in total. The smallest absolute Gasteiger partial charge is 0.343 e. The zero-order valence-electron chi connectivity index (χ0n) is 10.1. The van der Waals surface area contributed by atoms with Gasteiger partial charge in [0.05, 0.1) is 6.42 Å². The Labute approximate surface area is 112 Å². The maximum absolute atomic E-state index is 11.3. The van der Waals surface area contributed by atoms with Crippen LogP contribution in [-0.2, 0) is 18.3 Å². The Balaban J connectivity index is 1.98. The first-order chi connectivity index (χ1) is 9.04. The fourth-order valence-electron chi connectivity index (χ4n) is 1.88. The molecule has 3 rings (SSSR count). The number of H-pyrrole nitrogens is 1. The van der Waals surface area contributed by atoms with Crippen LogP contribution in [0.3, 0.4) is 0 Å². The SMILES string of the molecule is Cn1c(Sc2cc3c(cc2N)CC(=O)N3)n[nH]c1=O. The van der Waals surface area contributed by atoms with Crippen LogP contribution in [0.4, 0.5) is 11.4 Å². The number of hydrogen-bond acceptors (Lipinski definition) is 5. The highest BCUT2D eigenvalue weighted by molar-refractivity contribution is 7.99. The lowest BCUT2D eigenvalue weighted by Crippen LogP contribution is -2.12. The Kier molecular flexibility index (Phi) is 2.59. The molecule has 8 heteroatoms. The van der Waals surface area contributed by atoms with Crippen molar-refractivity contribution < 1.29 is 4.79 Å². The van der Waals surface area contributed by atoms with E-state index in [0.717, 1.165) is 16.1 Å². The molecular formula is C11H11N5O2S. The molecule has 1 aromatic heterocycles. The van der Waals surface area contributed by atoms with Gasteiger partial charge in [-0.1, -0.05) is 0 Å². The molecular weight excluding hydrogens is 266 g/mol. The molecule has 1 amide bonds. The van der Waals surface area contributed by atoms with Gasteiger partial charge in [-0.3, -0.25) is 9.36 Å². The number of benzene rings is 1. The summed E-state index contributed by atoms with van der Waals surface area (Å²) in [6.45, 7) is 0. The highest BCUT2D eigenvalue weighted by Crippen LogP contribution is 2.36. The summed E-state index contributed by atoms with van der Waals surface area (Å²) in [5.41, 5.74) is 7.90. The van der Waals surface area contributed by atoms with E-state index in [1.165, 1.54) is 16.3 Å². The van der Waals surface area contributed by atoms with Gasteiger partial charge >= 0.3 is 5.69 Å². The number of aromatic amines is 1. The minimum Gasteiger partial charge on any atom is -0.398 e. The van der Waals surface area contributed by atoms with Crippen LogP contribution in [0.5, 0.6) is 0 Å². The maximum atomic E-state index is 11.3. The first-order valence-corrected chi connectivity index (χ1v) is 6.38. The number of amides is 1. The predicted octanol–water partition coefficient (Wildman–Crippen LogP) is 0.336. The lowest BCUT2D eigenvalue weighted by atomic mass is 10.1. The highest BCUT2D eigenvalue weighted by Gasteiger charge is 2.20. The van der Waals surface area contributed by atoms with Crippen molar-refractivity contribution in [1.82, 2.24) is 14.8 Å². The van der Waals surface area contributed by atoms with Gasteiger partial charge in [-0.05, 0) is 29.5 Å². The van der Waals surface area contributed by atoms with E-state index in [4.69, 9.17) is 5.73 Å². The fourth-order valence-corrected chi connectivity index (χ4v) is 2.75. The molecule has 0 saturated carbocycles. The molecule has 0 atom stereocenters. The number of fused-ring (bicyclic) bond motifs is 1. The Bertz CT molecular complexity index is 733. The van der Waals surface area contributed by atoms with E-state index in [2.05, 4.69) is 15.5 Å². The fraction of sp³-hybridized carbons (Fsp3) is 0.182. The summed E-state index contributed by atoms with van der Waals surface area (Å²) in [7, 11) is 1.62. The Morgan fingerprint density at radius 2 is 2.21 bits per heavy atom. The molecule has 2 heterocycles. The first kappa shape index (κ1) is 11.8. The second-order valence-electron chi connectivity index (χ2n) is 4.24. The van der Waals surface area contributed by atoms with Crippen molar-refractivity contribution in [3.8, 4) is 0 Å².